The number of rotatable bonds is 13. The van der Waals surface area contributed by atoms with Crippen molar-refractivity contribution in [3.05, 3.63) is 0 Å². The summed E-state index contributed by atoms with van der Waals surface area (Å²) >= 11 is 10.8. The second kappa shape index (κ2) is 13.6. The van der Waals surface area contributed by atoms with E-state index < -0.39 is 10.0 Å². The molecule has 1 N–H and O–H groups in total. The average Bonchev–Trinajstić information content (AvgIpc) is 2.61. The summed E-state index contributed by atoms with van der Waals surface area (Å²) in [5, 5.41) is 6.30. The predicted octanol–water partition coefficient (Wildman–Crippen LogP) is 3.82. The number of hydrogen-bond acceptors (Lipinski definition) is 5. The van der Waals surface area contributed by atoms with Gasteiger partial charge in [0, 0.05) is 27.2 Å². The molecule has 2 atom stereocenters. The summed E-state index contributed by atoms with van der Waals surface area (Å²) in [6.45, 7) is 8.01. The van der Waals surface area contributed by atoms with E-state index in [1.54, 1.807) is 18.9 Å². The fourth-order valence-corrected chi connectivity index (χ4v) is 4.92. The first-order valence-corrected chi connectivity index (χ1v) is 12.5. The Hall–Kier alpha value is -0.640. The molecule has 0 radical (unpaired) electrons. The lowest BCUT2D eigenvalue weighted by Gasteiger charge is -2.22. The topological polar surface area (TPSA) is 65.0 Å². The Morgan fingerprint density at radius 1 is 1.07 bits per heavy atom. The van der Waals surface area contributed by atoms with Crippen LogP contribution in [0.1, 0.15) is 66.2 Å². The van der Waals surface area contributed by atoms with Gasteiger partial charge >= 0.3 is 0 Å². The third-order valence-corrected chi connectivity index (χ3v) is 7.20. The van der Waals surface area contributed by atoms with Crippen LogP contribution in [0.15, 0.2) is 5.10 Å². The van der Waals surface area contributed by atoms with Crippen molar-refractivity contribution in [1.29, 1.82) is 0 Å². The molecule has 6 nitrogen and oxygen atoms in total. The number of nitrogens with one attached hydrogen (secondary N) is 1. The normalized spacial score (nSPS) is 14.5. The molecule has 0 heterocycles. The van der Waals surface area contributed by atoms with Crippen molar-refractivity contribution in [3.8, 4) is 0 Å². The van der Waals surface area contributed by atoms with E-state index in [1.165, 1.54) is 5.01 Å². The number of hydrazone groups is 1. The van der Waals surface area contributed by atoms with Gasteiger partial charge in [0.15, 0.2) is 5.11 Å². The molecule has 0 aromatic carbocycles. The highest BCUT2D eigenvalue weighted by Crippen LogP contribution is 2.18. The average molecular weight is 451 g/mol. The largest absolute Gasteiger partial charge is 0.354 e. The van der Waals surface area contributed by atoms with E-state index in [9.17, 15) is 8.42 Å². The first-order valence-electron chi connectivity index (χ1n) is 9.99. The van der Waals surface area contributed by atoms with Crippen LogP contribution < -0.4 is 4.72 Å². The van der Waals surface area contributed by atoms with Crippen LogP contribution in [0.4, 0.5) is 0 Å². The number of thiocarbonyl (C=S) groups is 2. The molecule has 0 spiro atoms. The van der Waals surface area contributed by atoms with E-state index >= 15 is 0 Å². The molecule has 164 valence electrons. The maximum atomic E-state index is 12.5. The van der Waals surface area contributed by atoms with Gasteiger partial charge in [0.25, 0.3) is 0 Å². The molecule has 2 unspecified atom stereocenters. The molecule has 0 aliphatic rings. The molecule has 0 aliphatic carbocycles. The third-order valence-electron chi connectivity index (χ3n) is 4.54. The molecule has 0 aliphatic heterocycles. The van der Waals surface area contributed by atoms with Gasteiger partial charge < -0.3 is 4.90 Å². The first kappa shape index (κ1) is 27.4. The molecule has 28 heavy (non-hydrogen) atoms. The molecule has 0 saturated heterocycles. The summed E-state index contributed by atoms with van der Waals surface area (Å²) in [6.07, 6.45) is 5.51. The third kappa shape index (κ3) is 10.8. The van der Waals surface area contributed by atoms with Crippen molar-refractivity contribution in [2.24, 2.45) is 11.0 Å². The molecule has 0 saturated carbocycles. The van der Waals surface area contributed by atoms with Gasteiger partial charge in [-0.05, 0) is 62.0 Å². The zero-order valence-electron chi connectivity index (χ0n) is 18.5. The Morgan fingerprint density at radius 2 is 1.68 bits per heavy atom. The van der Waals surface area contributed by atoms with E-state index in [0.29, 0.717) is 16.7 Å². The first-order chi connectivity index (χ1) is 13.0. The smallest absolute Gasteiger partial charge is 0.217 e. The van der Waals surface area contributed by atoms with Crippen molar-refractivity contribution in [2.75, 3.05) is 26.9 Å². The van der Waals surface area contributed by atoms with E-state index in [2.05, 4.69) is 23.7 Å². The minimum Gasteiger partial charge on any atom is -0.354 e. The number of sulfonamides is 1. The van der Waals surface area contributed by atoms with Crippen LogP contribution in [0.25, 0.3) is 0 Å². The van der Waals surface area contributed by atoms with Crippen molar-refractivity contribution in [3.63, 3.8) is 0 Å². The highest BCUT2D eigenvalue weighted by Gasteiger charge is 2.20. The summed E-state index contributed by atoms with van der Waals surface area (Å²) in [6, 6.07) is -0.115. The highest BCUT2D eigenvalue weighted by atomic mass is 32.2. The molecule has 9 heteroatoms. The minimum absolute atomic E-state index is 0.115. The van der Waals surface area contributed by atoms with Gasteiger partial charge in [-0.2, -0.15) is 5.10 Å². The van der Waals surface area contributed by atoms with Gasteiger partial charge in [0.2, 0.25) is 10.0 Å². The summed E-state index contributed by atoms with van der Waals surface area (Å²) in [4.78, 5) is 2.82. The van der Waals surface area contributed by atoms with Crippen LogP contribution in [0, 0.1) is 5.92 Å². The second-order valence-corrected chi connectivity index (χ2v) is 10.1. The summed E-state index contributed by atoms with van der Waals surface area (Å²) in [5.74, 6) is 0.307. The van der Waals surface area contributed by atoms with Gasteiger partial charge in [-0.1, -0.05) is 39.4 Å². The second-order valence-electron chi connectivity index (χ2n) is 7.42. The molecule has 0 aromatic heterocycles. The standard InChI is InChI=1S/C19H38N4O2S3/c1-8-11-16(9-2)18(26)13-12-17(10-3)21-28(24,25)14-15(4)20-23(7)19(27)22(5)6/h16-17,21H,8-14H2,1-7H3/b20-15-. The van der Waals surface area contributed by atoms with Crippen LogP contribution in [0.2, 0.25) is 0 Å². The monoisotopic (exact) mass is 450 g/mol. The van der Waals surface area contributed by atoms with E-state index in [0.717, 1.165) is 43.4 Å². The Labute approximate surface area is 183 Å². The number of nitrogens with zero attached hydrogens (tertiary/aromatic N) is 3. The minimum atomic E-state index is -3.48. The van der Waals surface area contributed by atoms with Gasteiger partial charge in [-0.15, -0.1) is 0 Å². The van der Waals surface area contributed by atoms with Crippen LogP contribution in [0.5, 0.6) is 0 Å². The molecular weight excluding hydrogens is 412 g/mol. The van der Waals surface area contributed by atoms with Gasteiger partial charge in [0.05, 0.1) is 5.71 Å². The van der Waals surface area contributed by atoms with Crippen molar-refractivity contribution in [2.45, 2.75) is 72.3 Å². The Kier molecular flexibility index (Phi) is 13.2. The lowest BCUT2D eigenvalue weighted by Crippen LogP contribution is -2.39. The molecule has 0 aromatic rings. The fraction of sp³-hybridized carbons (Fsp3) is 0.842. The summed E-state index contributed by atoms with van der Waals surface area (Å²) < 4.78 is 27.9. The molecular formula is C19H38N4O2S3. The van der Waals surface area contributed by atoms with Gasteiger partial charge in [0.1, 0.15) is 5.75 Å². The fourth-order valence-electron chi connectivity index (χ4n) is 3.00. The zero-order chi connectivity index (χ0) is 21.9. The Bertz CT molecular complexity index is 633. The quantitative estimate of drug-likeness (QED) is 0.261. The van der Waals surface area contributed by atoms with E-state index in [1.807, 2.05) is 21.0 Å². The zero-order valence-corrected chi connectivity index (χ0v) is 20.9. The molecule has 0 bridgehead atoms. The molecule has 0 fully saturated rings. The van der Waals surface area contributed by atoms with E-state index in [4.69, 9.17) is 24.4 Å². The summed E-state index contributed by atoms with van der Waals surface area (Å²) in [5.41, 5.74) is 0.485. The Morgan fingerprint density at radius 3 is 2.14 bits per heavy atom. The van der Waals surface area contributed by atoms with Crippen LogP contribution >= 0.6 is 24.4 Å². The highest BCUT2D eigenvalue weighted by molar-refractivity contribution is 7.90. The van der Waals surface area contributed by atoms with Gasteiger partial charge in [-0.25, -0.2) is 18.1 Å². The van der Waals surface area contributed by atoms with Crippen molar-refractivity contribution < 1.29 is 8.42 Å². The lowest BCUT2D eigenvalue weighted by atomic mass is 9.93. The Balaban J connectivity index is 4.82. The summed E-state index contributed by atoms with van der Waals surface area (Å²) in [7, 11) is 1.88. The van der Waals surface area contributed by atoms with Gasteiger partial charge in [-0.3, -0.25) is 0 Å². The van der Waals surface area contributed by atoms with Crippen LogP contribution in [-0.4, -0.2) is 67.0 Å². The van der Waals surface area contributed by atoms with Crippen molar-refractivity contribution >= 4 is 50.1 Å². The SMILES string of the molecule is CCCC(CC)C(=S)CCC(CC)NS(=O)(=O)C/C(C)=N\N(C)C(=S)N(C)C. The molecule has 0 rings (SSSR count). The maximum absolute atomic E-state index is 12.5. The molecule has 0 amide bonds. The van der Waals surface area contributed by atoms with Crippen LogP contribution in [0.3, 0.4) is 0 Å². The van der Waals surface area contributed by atoms with E-state index in [-0.39, 0.29) is 11.8 Å². The van der Waals surface area contributed by atoms with Crippen molar-refractivity contribution in [1.82, 2.24) is 14.6 Å². The predicted molar refractivity (Wildman–Crippen MR) is 129 cm³/mol. The lowest BCUT2D eigenvalue weighted by molar-refractivity contribution is 0.459. The maximum Gasteiger partial charge on any atom is 0.217 e. The van der Waals surface area contributed by atoms with Crippen LogP contribution in [-0.2, 0) is 10.0 Å². The number of hydrogen-bond donors (Lipinski definition) is 1.